The molecule has 1 aromatic carbocycles. The number of carbonyl (C=O) groups excluding carboxylic acids is 1. The van der Waals surface area contributed by atoms with Crippen LogP contribution in [0.4, 0.5) is 0 Å². The summed E-state index contributed by atoms with van der Waals surface area (Å²) in [6.45, 7) is 3.15. The molecule has 0 saturated carbocycles. The molecule has 0 spiro atoms. The first-order valence-electron chi connectivity index (χ1n) is 6.44. The number of benzene rings is 1. The van der Waals surface area contributed by atoms with Gasteiger partial charge in [-0.25, -0.2) is 0 Å². The third kappa shape index (κ3) is 2.77. The van der Waals surface area contributed by atoms with Crippen LogP contribution < -0.4 is 0 Å². The quantitative estimate of drug-likeness (QED) is 0.826. The van der Waals surface area contributed by atoms with E-state index < -0.39 is 0 Å². The Labute approximate surface area is 114 Å². The van der Waals surface area contributed by atoms with Gasteiger partial charge in [-0.3, -0.25) is 9.69 Å². The van der Waals surface area contributed by atoms with Gasteiger partial charge in [0, 0.05) is 13.1 Å². The highest BCUT2D eigenvalue weighted by Gasteiger charge is 2.35. The first-order chi connectivity index (χ1) is 9.02. The van der Waals surface area contributed by atoms with Crippen molar-refractivity contribution in [3.63, 3.8) is 0 Å². The van der Waals surface area contributed by atoms with Gasteiger partial charge in [-0.1, -0.05) is 29.8 Å². The average molecular weight is 257 g/mol. The van der Waals surface area contributed by atoms with E-state index in [9.17, 15) is 4.79 Å². The molecule has 0 aliphatic carbocycles. The molecule has 1 unspecified atom stereocenters. The number of nitriles is 1. The first-order valence-corrected chi connectivity index (χ1v) is 6.44. The maximum atomic E-state index is 12.5. The van der Waals surface area contributed by atoms with Crippen LogP contribution in [-0.4, -0.2) is 42.9 Å². The van der Waals surface area contributed by atoms with Gasteiger partial charge in [-0.2, -0.15) is 5.26 Å². The molecule has 1 fully saturated rings. The van der Waals surface area contributed by atoms with Crippen molar-refractivity contribution in [3.05, 3.63) is 35.4 Å². The van der Waals surface area contributed by atoms with E-state index in [-0.39, 0.29) is 17.9 Å². The molecule has 0 bridgehead atoms. The molecule has 1 aliphatic rings. The normalized spacial score (nSPS) is 16.9. The molecule has 1 aromatic rings. The number of likely N-dealkylation sites (tertiary alicyclic amines) is 1. The lowest BCUT2D eigenvalue weighted by Crippen LogP contribution is -2.52. The summed E-state index contributed by atoms with van der Waals surface area (Å²) in [5.74, 6) is 0.0881. The zero-order valence-electron chi connectivity index (χ0n) is 11.6. The number of likely N-dealkylation sites (N-methyl/N-ethyl adjacent to an activating group) is 1. The molecule has 1 amide bonds. The number of aryl methyl sites for hydroxylation is 1. The van der Waals surface area contributed by atoms with E-state index in [4.69, 9.17) is 5.26 Å². The van der Waals surface area contributed by atoms with Crippen molar-refractivity contribution in [2.24, 2.45) is 5.92 Å². The van der Waals surface area contributed by atoms with Crippen LogP contribution in [-0.2, 0) is 4.79 Å². The summed E-state index contributed by atoms with van der Waals surface area (Å²) in [6.07, 6.45) is 0. The highest BCUT2D eigenvalue weighted by Crippen LogP contribution is 2.25. The van der Waals surface area contributed by atoms with Crippen LogP contribution in [0.15, 0.2) is 24.3 Å². The monoisotopic (exact) mass is 257 g/mol. The Bertz CT molecular complexity index is 495. The maximum absolute atomic E-state index is 12.5. The molecule has 2 rings (SSSR count). The topological polar surface area (TPSA) is 47.3 Å². The van der Waals surface area contributed by atoms with Gasteiger partial charge in [-0.05, 0) is 26.6 Å². The summed E-state index contributed by atoms with van der Waals surface area (Å²) in [5, 5.41) is 8.78. The van der Waals surface area contributed by atoms with E-state index in [0.717, 1.165) is 5.56 Å². The number of nitrogens with zero attached hydrogens (tertiary/aromatic N) is 3. The van der Waals surface area contributed by atoms with Crippen LogP contribution in [0.5, 0.6) is 0 Å². The molecule has 19 heavy (non-hydrogen) atoms. The van der Waals surface area contributed by atoms with Crippen molar-refractivity contribution in [1.82, 2.24) is 9.80 Å². The van der Waals surface area contributed by atoms with Gasteiger partial charge < -0.3 is 4.90 Å². The number of rotatable bonds is 3. The van der Waals surface area contributed by atoms with Crippen LogP contribution in [0.2, 0.25) is 0 Å². The fourth-order valence-corrected chi connectivity index (χ4v) is 2.32. The highest BCUT2D eigenvalue weighted by atomic mass is 16.2. The molecule has 1 atom stereocenters. The van der Waals surface area contributed by atoms with E-state index in [1.807, 2.05) is 50.2 Å². The molecular weight excluding hydrogens is 238 g/mol. The molecule has 0 aromatic heterocycles. The highest BCUT2D eigenvalue weighted by molar-refractivity contribution is 5.84. The van der Waals surface area contributed by atoms with Gasteiger partial charge in [0.1, 0.15) is 6.04 Å². The second kappa shape index (κ2) is 5.41. The second-order valence-corrected chi connectivity index (χ2v) is 5.35. The summed E-state index contributed by atoms with van der Waals surface area (Å²) in [7, 11) is 3.81. The third-order valence-electron chi connectivity index (χ3n) is 3.52. The lowest BCUT2D eigenvalue weighted by molar-refractivity contribution is -0.141. The van der Waals surface area contributed by atoms with Crippen LogP contribution in [0.3, 0.4) is 0 Å². The molecule has 4 nitrogen and oxygen atoms in total. The van der Waals surface area contributed by atoms with Crippen molar-refractivity contribution < 1.29 is 4.79 Å². The van der Waals surface area contributed by atoms with Gasteiger partial charge in [0.25, 0.3) is 0 Å². The lowest BCUT2D eigenvalue weighted by atomic mass is 9.97. The van der Waals surface area contributed by atoms with Gasteiger partial charge in [-0.15, -0.1) is 0 Å². The molecular formula is C15H19N3O. The lowest BCUT2D eigenvalue weighted by Gasteiger charge is -2.39. The van der Waals surface area contributed by atoms with E-state index in [2.05, 4.69) is 6.07 Å². The number of hydrogen-bond acceptors (Lipinski definition) is 3. The zero-order valence-corrected chi connectivity index (χ0v) is 11.6. The summed E-state index contributed by atoms with van der Waals surface area (Å²) >= 11 is 0. The Morgan fingerprint density at radius 3 is 2.42 bits per heavy atom. The predicted molar refractivity (Wildman–Crippen MR) is 73.3 cm³/mol. The predicted octanol–water partition coefficient (Wildman–Crippen LogP) is 1.58. The molecule has 4 heteroatoms. The minimum absolute atomic E-state index is 0.00443. The summed E-state index contributed by atoms with van der Waals surface area (Å²) in [6, 6.07) is 9.97. The molecule has 1 heterocycles. The summed E-state index contributed by atoms with van der Waals surface area (Å²) < 4.78 is 0. The van der Waals surface area contributed by atoms with Gasteiger partial charge in [0.05, 0.1) is 12.0 Å². The molecule has 0 radical (unpaired) electrons. The smallest absolute Gasteiger partial charge is 0.244 e. The molecule has 100 valence electrons. The Morgan fingerprint density at radius 2 is 1.95 bits per heavy atom. The third-order valence-corrected chi connectivity index (χ3v) is 3.52. The minimum Gasteiger partial charge on any atom is -0.338 e. The number of amides is 1. The van der Waals surface area contributed by atoms with Crippen molar-refractivity contribution in [2.75, 3.05) is 27.2 Å². The van der Waals surface area contributed by atoms with E-state index in [1.165, 1.54) is 5.56 Å². The Kier molecular flexibility index (Phi) is 3.87. The minimum atomic E-state index is -0.264. The molecule has 1 saturated heterocycles. The molecule has 1 aliphatic heterocycles. The largest absolute Gasteiger partial charge is 0.338 e. The maximum Gasteiger partial charge on any atom is 0.244 e. The standard InChI is InChI=1S/C15H19N3O/c1-11-4-6-13(7-5-11)14(17(2)3)15(19)18-9-12(8-16)10-18/h4-7,12,14H,9-10H2,1-3H3. The Hall–Kier alpha value is -1.86. The first kappa shape index (κ1) is 13.6. The van der Waals surface area contributed by atoms with Crippen LogP contribution in [0, 0.1) is 24.2 Å². The van der Waals surface area contributed by atoms with E-state index in [0.29, 0.717) is 13.1 Å². The SMILES string of the molecule is Cc1ccc(C(C(=O)N2CC(C#N)C2)N(C)C)cc1. The fraction of sp³-hybridized carbons (Fsp3) is 0.467. The van der Waals surface area contributed by atoms with Crippen molar-refractivity contribution in [2.45, 2.75) is 13.0 Å². The average Bonchev–Trinajstić information content (AvgIpc) is 2.30. The molecule has 0 N–H and O–H groups in total. The van der Waals surface area contributed by atoms with Crippen molar-refractivity contribution in [3.8, 4) is 6.07 Å². The summed E-state index contributed by atoms with van der Waals surface area (Å²) in [5.41, 5.74) is 2.18. The van der Waals surface area contributed by atoms with Gasteiger partial charge in [0.15, 0.2) is 0 Å². The van der Waals surface area contributed by atoms with Crippen LogP contribution in [0.1, 0.15) is 17.2 Å². The second-order valence-electron chi connectivity index (χ2n) is 5.35. The Morgan fingerprint density at radius 1 is 1.37 bits per heavy atom. The number of hydrogen-bond donors (Lipinski definition) is 0. The Balaban J connectivity index is 2.15. The van der Waals surface area contributed by atoms with Crippen LogP contribution in [0.25, 0.3) is 0 Å². The van der Waals surface area contributed by atoms with Gasteiger partial charge in [0.2, 0.25) is 5.91 Å². The van der Waals surface area contributed by atoms with E-state index in [1.54, 1.807) is 4.90 Å². The van der Waals surface area contributed by atoms with E-state index >= 15 is 0 Å². The van der Waals surface area contributed by atoms with Crippen LogP contribution >= 0.6 is 0 Å². The zero-order chi connectivity index (χ0) is 14.0. The summed E-state index contributed by atoms with van der Waals surface area (Å²) in [4.78, 5) is 16.2. The van der Waals surface area contributed by atoms with Gasteiger partial charge >= 0.3 is 0 Å². The fourth-order valence-electron chi connectivity index (χ4n) is 2.32. The van der Waals surface area contributed by atoms with Crippen molar-refractivity contribution >= 4 is 5.91 Å². The van der Waals surface area contributed by atoms with Crippen molar-refractivity contribution in [1.29, 1.82) is 5.26 Å². The number of carbonyl (C=O) groups is 1.